The standard InChI is InChI=1S/C55H59F3N2/c1-24-19-42(21-44(20-24)55(56,57)58)43-22-45(59-51-37(14)29(6)25(2)33(10)47(51)48-34(11)26(3)30(7)38(15)52(48)59)41(18)46(23-43)60-53-39(16)31(8)27(4)35(12)49(53)50-36(13)28(5)32(9)40(17)54(50)60/h19-23H,1-18H3. The molecule has 0 aliphatic heterocycles. The van der Waals surface area contributed by atoms with Gasteiger partial charge in [0.05, 0.1) is 39.0 Å². The number of aromatic nitrogens is 2. The van der Waals surface area contributed by atoms with E-state index >= 15 is 0 Å². The quantitative estimate of drug-likeness (QED) is 0.168. The first-order valence-electron chi connectivity index (χ1n) is 21.3. The molecule has 6 aromatic carbocycles. The van der Waals surface area contributed by atoms with Crippen LogP contribution in [-0.2, 0) is 6.18 Å². The molecule has 0 aliphatic carbocycles. The first-order valence-corrected chi connectivity index (χ1v) is 21.3. The van der Waals surface area contributed by atoms with Crippen molar-refractivity contribution in [3.8, 4) is 22.5 Å². The van der Waals surface area contributed by atoms with Crippen LogP contribution < -0.4 is 0 Å². The smallest absolute Gasteiger partial charge is 0.308 e. The van der Waals surface area contributed by atoms with Crippen molar-refractivity contribution in [1.29, 1.82) is 0 Å². The maximum Gasteiger partial charge on any atom is 0.416 e. The fourth-order valence-electron chi connectivity index (χ4n) is 10.6. The number of hydrogen-bond acceptors (Lipinski definition) is 0. The van der Waals surface area contributed by atoms with Gasteiger partial charge in [-0.15, -0.1) is 0 Å². The summed E-state index contributed by atoms with van der Waals surface area (Å²) in [4.78, 5) is 0. The van der Waals surface area contributed by atoms with Crippen LogP contribution in [0.5, 0.6) is 0 Å². The summed E-state index contributed by atoms with van der Waals surface area (Å²) in [7, 11) is 0. The average molecular weight is 805 g/mol. The summed E-state index contributed by atoms with van der Waals surface area (Å²) in [5.74, 6) is 0. The molecular weight excluding hydrogens is 746 g/mol. The summed E-state index contributed by atoms with van der Waals surface area (Å²) in [6.45, 7) is 39.7. The second-order valence-corrected chi connectivity index (χ2v) is 18.3. The molecule has 2 nitrogen and oxygen atoms in total. The van der Waals surface area contributed by atoms with E-state index in [1.165, 1.54) is 123 Å². The Morgan fingerprint density at radius 2 is 0.567 bits per heavy atom. The molecule has 310 valence electrons. The molecule has 0 N–H and O–H groups in total. The zero-order valence-electron chi connectivity index (χ0n) is 38.9. The van der Waals surface area contributed by atoms with Gasteiger partial charge in [-0.3, -0.25) is 0 Å². The lowest BCUT2D eigenvalue weighted by atomic mass is 9.90. The lowest BCUT2D eigenvalue weighted by Crippen LogP contribution is -2.09. The molecule has 0 amide bonds. The van der Waals surface area contributed by atoms with Gasteiger partial charge in [0.2, 0.25) is 0 Å². The molecule has 2 heterocycles. The van der Waals surface area contributed by atoms with E-state index in [2.05, 4.69) is 139 Å². The Labute approximate surface area is 354 Å². The minimum atomic E-state index is -4.49. The highest BCUT2D eigenvalue weighted by molar-refractivity contribution is 6.17. The van der Waals surface area contributed by atoms with Crippen LogP contribution in [0.4, 0.5) is 13.2 Å². The SMILES string of the molecule is Cc1cc(-c2cc(-n3c4c(C)c(C)c(C)c(C)c4c4c(C)c(C)c(C)c(C)c43)c(C)c(-n3c4c(C)c(C)c(C)c(C)c4c4c(C)c(C)c(C)c(C)c43)c2)cc(C(F)(F)F)c1. The normalized spacial score (nSPS) is 12.4. The van der Waals surface area contributed by atoms with Crippen molar-refractivity contribution < 1.29 is 13.2 Å². The summed E-state index contributed by atoms with van der Waals surface area (Å²) in [5.41, 5.74) is 29.0. The van der Waals surface area contributed by atoms with Gasteiger partial charge in [0, 0.05) is 21.5 Å². The van der Waals surface area contributed by atoms with E-state index in [0.29, 0.717) is 11.1 Å². The van der Waals surface area contributed by atoms with E-state index in [4.69, 9.17) is 0 Å². The van der Waals surface area contributed by atoms with Crippen LogP contribution in [0.25, 0.3) is 66.1 Å². The fraction of sp³-hybridized carbons (Fsp3) is 0.345. The molecule has 5 heteroatoms. The minimum Gasteiger partial charge on any atom is -0.308 e. The third-order valence-electron chi connectivity index (χ3n) is 15.6. The van der Waals surface area contributed by atoms with Crippen molar-refractivity contribution in [1.82, 2.24) is 9.13 Å². The Morgan fingerprint density at radius 3 is 0.850 bits per heavy atom. The summed E-state index contributed by atoms with van der Waals surface area (Å²) in [6, 6.07) is 8.82. The van der Waals surface area contributed by atoms with Crippen LogP contribution in [0.3, 0.4) is 0 Å². The van der Waals surface area contributed by atoms with Gasteiger partial charge in [-0.1, -0.05) is 6.07 Å². The fourth-order valence-corrected chi connectivity index (χ4v) is 10.6. The lowest BCUT2D eigenvalue weighted by Gasteiger charge is -2.23. The van der Waals surface area contributed by atoms with Gasteiger partial charge in [0.1, 0.15) is 0 Å². The van der Waals surface area contributed by atoms with Crippen LogP contribution in [0, 0.1) is 125 Å². The molecule has 8 rings (SSSR count). The van der Waals surface area contributed by atoms with E-state index in [0.717, 1.165) is 44.6 Å². The summed E-state index contributed by atoms with van der Waals surface area (Å²) in [5, 5.41) is 5.01. The monoisotopic (exact) mass is 804 g/mol. The molecule has 0 bridgehead atoms. The topological polar surface area (TPSA) is 9.86 Å². The van der Waals surface area contributed by atoms with Crippen LogP contribution in [0.1, 0.15) is 106 Å². The molecule has 0 saturated carbocycles. The molecule has 0 saturated heterocycles. The molecule has 0 aliphatic rings. The van der Waals surface area contributed by atoms with Gasteiger partial charge >= 0.3 is 6.18 Å². The number of hydrogen-bond donors (Lipinski definition) is 0. The van der Waals surface area contributed by atoms with Crippen molar-refractivity contribution >= 4 is 43.6 Å². The second kappa shape index (κ2) is 13.6. The highest BCUT2D eigenvalue weighted by Crippen LogP contribution is 2.48. The molecule has 0 atom stereocenters. The first-order chi connectivity index (χ1) is 27.9. The number of halogens is 3. The second-order valence-electron chi connectivity index (χ2n) is 18.3. The summed E-state index contributed by atoms with van der Waals surface area (Å²) < 4.78 is 48.9. The third-order valence-corrected chi connectivity index (χ3v) is 15.6. The van der Waals surface area contributed by atoms with Gasteiger partial charge in [-0.2, -0.15) is 13.2 Å². The Hall–Kier alpha value is -5.29. The lowest BCUT2D eigenvalue weighted by molar-refractivity contribution is -0.137. The number of aryl methyl sites for hydroxylation is 9. The van der Waals surface area contributed by atoms with Crippen molar-refractivity contribution in [2.45, 2.75) is 131 Å². The average Bonchev–Trinajstić information content (AvgIpc) is 3.75. The molecule has 2 aromatic heterocycles. The molecule has 0 fully saturated rings. The van der Waals surface area contributed by atoms with Crippen molar-refractivity contribution in [2.24, 2.45) is 0 Å². The van der Waals surface area contributed by atoms with Crippen LogP contribution in [-0.4, -0.2) is 9.13 Å². The van der Waals surface area contributed by atoms with Gasteiger partial charge < -0.3 is 9.13 Å². The molecule has 0 radical (unpaired) electrons. The highest BCUT2D eigenvalue weighted by Gasteiger charge is 2.32. The number of rotatable bonds is 3. The Kier molecular flexibility index (Phi) is 9.40. The van der Waals surface area contributed by atoms with Crippen molar-refractivity contribution in [2.75, 3.05) is 0 Å². The first kappa shape index (κ1) is 41.4. The molecular formula is C55H59F3N2. The molecule has 0 spiro atoms. The number of fused-ring (bicyclic) bond motifs is 6. The van der Waals surface area contributed by atoms with Gasteiger partial charge in [0.15, 0.2) is 0 Å². The van der Waals surface area contributed by atoms with Gasteiger partial charge in [-0.05, 0) is 260 Å². The summed E-state index contributed by atoms with van der Waals surface area (Å²) in [6.07, 6.45) is -4.49. The van der Waals surface area contributed by atoms with Crippen LogP contribution >= 0.6 is 0 Å². The number of benzene rings is 6. The molecule has 8 aromatic rings. The maximum atomic E-state index is 14.6. The van der Waals surface area contributed by atoms with Crippen LogP contribution in [0.15, 0.2) is 30.3 Å². The largest absolute Gasteiger partial charge is 0.416 e. The van der Waals surface area contributed by atoms with E-state index in [9.17, 15) is 13.2 Å². The van der Waals surface area contributed by atoms with Gasteiger partial charge in [-0.25, -0.2) is 0 Å². The Balaban J connectivity index is 1.71. The zero-order chi connectivity index (χ0) is 44.1. The van der Waals surface area contributed by atoms with E-state index < -0.39 is 11.7 Å². The minimum absolute atomic E-state index is 0.547. The van der Waals surface area contributed by atoms with Crippen LogP contribution in [0.2, 0.25) is 0 Å². The van der Waals surface area contributed by atoms with Gasteiger partial charge in [0.25, 0.3) is 0 Å². The number of alkyl halides is 3. The van der Waals surface area contributed by atoms with E-state index in [1.54, 1.807) is 6.92 Å². The van der Waals surface area contributed by atoms with E-state index in [-0.39, 0.29) is 0 Å². The highest BCUT2D eigenvalue weighted by atomic mass is 19.4. The van der Waals surface area contributed by atoms with E-state index in [1.807, 2.05) is 6.07 Å². The Morgan fingerprint density at radius 1 is 0.300 bits per heavy atom. The Bertz CT molecular complexity index is 2910. The van der Waals surface area contributed by atoms with Crippen molar-refractivity contribution in [3.05, 3.63) is 136 Å². The number of nitrogens with zero attached hydrogens (tertiary/aromatic N) is 2. The van der Waals surface area contributed by atoms with Crippen molar-refractivity contribution in [3.63, 3.8) is 0 Å². The maximum absolute atomic E-state index is 14.6. The predicted molar refractivity (Wildman–Crippen MR) is 251 cm³/mol. The summed E-state index contributed by atoms with van der Waals surface area (Å²) >= 11 is 0. The zero-order valence-corrected chi connectivity index (χ0v) is 38.9. The molecule has 60 heavy (non-hydrogen) atoms. The predicted octanol–water partition coefficient (Wildman–Crippen LogP) is 16.1. The molecule has 0 unspecified atom stereocenters. The third kappa shape index (κ3) is 5.46.